The maximum absolute atomic E-state index is 11.8. The van der Waals surface area contributed by atoms with Gasteiger partial charge in [0.15, 0.2) is 0 Å². The number of benzene rings is 1. The van der Waals surface area contributed by atoms with Crippen LogP contribution in [0.2, 0.25) is 0 Å². The van der Waals surface area contributed by atoms with Crippen LogP contribution in [0.25, 0.3) is 0 Å². The van der Waals surface area contributed by atoms with Gasteiger partial charge in [-0.3, -0.25) is 4.79 Å². The van der Waals surface area contributed by atoms with Gasteiger partial charge in [-0.15, -0.1) is 0 Å². The van der Waals surface area contributed by atoms with Gasteiger partial charge in [-0.25, -0.2) is 4.79 Å². The van der Waals surface area contributed by atoms with E-state index in [9.17, 15) is 9.59 Å². The van der Waals surface area contributed by atoms with Crippen molar-refractivity contribution in [2.45, 2.75) is 6.54 Å². The van der Waals surface area contributed by atoms with Crippen LogP contribution >= 0.6 is 0 Å². The zero-order valence-corrected chi connectivity index (χ0v) is 9.91. The predicted molar refractivity (Wildman–Crippen MR) is 67.9 cm³/mol. The second-order valence-corrected chi connectivity index (χ2v) is 3.97. The summed E-state index contributed by atoms with van der Waals surface area (Å²) in [5, 5.41) is 17.6. The molecule has 0 bridgehead atoms. The number of aromatic nitrogens is 1. The van der Waals surface area contributed by atoms with Gasteiger partial charge in [0.05, 0.1) is 12.1 Å². The lowest BCUT2D eigenvalue weighted by Gasteiger charge is -2.06. The van der Waals surface area contributed by atoms with Crippen LogP contribution in [0.4, 0.5) is 0 Å². The fourth-order valence-electron chi connectivity index (χ4n) is 1.70. The lowest BCUT2D eigenvalue weighted by Crippen LogP contribution is -2.22. The molecule has 0 aliphatic heterocycles. The number of hydrogen-bond donors (Lipinski definition) is 1. The van der Waals surface area contributed by atoms with Crippen molar-refractivity contribution in [1.29, 1.82) is 5.26 Å². The van der Waals surface area contributed by atoms with Crippen LogP contribution in [0.5, 0.6) is 0 Å². The van der Waals surface area contributed by atoms with Crippen molar-refractivity contribution in [3.63, 3.8) is 0 Å². The Morgan fingerprint density at radius 3 is 2.53 bits per heavy atom. The highest BCUT2D eigenvalue weighted by molar-refractivity contribution is 5.87. The summed E-state index contributed by atoms with van der Waals surface area (Å²) in [5.41, 5.74) is 0.723. The van der Waals surface area contributed by atoms with Gasteiger partial charge in [0.25, 0.3) is 5.56 Å². The Bertz CT molecular complexity index is 709. The van der Waals surface area contributed by atoms with E-state index in [-0.39, 0.29) is 16.7 Å². The van der Waals surface area contributed by atoms with Crippen molar-refractivity contribution in [2.75, 3.05) is 0 Å². The number of aromatic carboxylic acids is 1. The quantitative estimate of drug-likeness (QED) is 0.898. The first-order chi connectivity index (χ1) is 9.11. The van der Waals surface area contributed by atoms with E-state index in [1.165, 1.54) is 22.8 Å². The molecule has 0 spiro atoms. The van der Waals surface area contributed by atoms with Gasteiger partial charge < -0.3 is 9.67 Å². The van der Waals surface area contributed by atoms with E-state index in [0.29, 0.717) is 6.54 Å². The van der Waals surface area contributed by atoms with E-state index in [1.807, 2.05) is 6.07 Å². The summed E-state index contributed by atoms with van der Waals surface area (Å²) in [6.45, 7) is 0.300. The van der Waals surface area contributed by atoms with E-state index in [4.69, 9.17) is 10.4 Å². The molecule has 1 aromatic heterocycles. The highest BCUT2D eigenvalue weighted by Crippen LogP contribution is 2.06. The lowest BCUT2D eigenvalue weighted by atomic mass is 10.1. The van der Waals surface area contributed by atoms with Gasteiger partial charge in [0.1, 0.15) is 11.6 Å². The third-order valence-corrected chi connectivity index (χ3v) is 2.69. The second kappa shape index (κ2) is 5.19. The molecule has 1 aromatic carbocycles. The van der Waals surface area contributed by atoms with Gasteiger partial charge >= 0.3 is 5.97 Å². The summed E-state index contributed by atoms with van der Waals surface area (Å²) in [6.07, 6.45) is 1.59. The number of carboxylic acid groups (broad SMARTS) is 1. The summed E-state index contributed by atoms with van der Waals surface area (Å²) < 4.78 is 1.41. The van der Waals surface area contributed by atoms with Crippen LogP contribution in [0, 0.1) is 11.3 Å². The third-order valence-electron chi connectivity index (χ3n) is 2.69. The van der Waals surface area contributed by atoms with E-state index in [1.54, 1.807) is 24.4 Å². The van der Waals surface area contributed by atoms with Gasteiger partial charge in [0.2, 0.25) is 0 Å². The summed E-state index contributed by atoms with van der Waals surface area (Å²) in [6, 6.07) is 11.2. The fourth-order valence-corrected chi connectivity index (χ4v) is 1.70. The van der Waals surface area contributed by atoms with Crippen molar-refractivity contribution >= 4 is 5.97 Å². The second-order valence-electron chi connectivity index (χ2n) is 3.97. The fraction of sp³-hybridized carbons (Fsp3) is 0.0714. The van der Waals surface area contributed by atoms with Crippen molar-refractivity contribution in [3.8, 4) is 6.07 Å². The molecule has 0 amide bonds. The van der Waals surface area contributed by atoms with Crippen LogP contribution in [-0.2, 0) is 6.54 Å². The molecule has 0 saturated heterocycles. The standard InChI is InChI=1S/C14H10N2O3/c15-8-12-2-1-7-16(13(12)17)9-10-3-5-11(6-4-10)14(18)19/h1-7H,9H2,(H,18,19). The van der Waals surface area contributed by atoms with Gasteiger partial charge in [0, 0.05) is 6.20 Å². The van der Waals surface area contributed by atoms with Gasteiger partial charge in [-0.05, 0) is 29.8 Å². The van der Waals surface area contributed by atoms with Crippen LogP contribution < -0.4 is 5.56 Å². The Labute approximate surface area is 109 Å². The summed E-state index contributed by atoms with van der Waals surface area (Å²) in [4.78, 5) is 22.5. The molecule has 0 saturated carbocycles. The largest absolute Gasteiger partial charge is 0.478 e. The summed E-state index contributed by atoms with van der Waals surface area (Å²) >= 11 is 0. The average Bonchev–Trinajstić information content (AvgIpc) is 2.42. The number of pyridine rings is 1. The molecule has 0 aliphatic rings. The molecule has 0 atom stereocenters. The molecule has 0 unspecified atom stereocenters. The third kappa shape index (κ3) is 2.69. The van der Waals surface area contributed by atoms with E-state index in [2.05, 4.69) is 0 Å². The van der Waals surface area contributed by atoms with Crippen LogP contribution in [0.3, 0.4) is 0 Å². The number of rotatable bonds is 3. The average molecular weight is 254 g/mol. The Balaban J connectivity index is 2.29. The molecular weight excluding hydrogens is 244 g/mol. The molecule has 0 fully saturated rings. The first kappa shape index (κ1) is 12.6. The monoisotopic (exact) mass is 254 g/mol. The van der Waals surface area contributed by atoms with Gasteiger partial charge in [-0.2, -0.15) is 5.26 Å². The normalized spacial score (nSPS) is 9.84. The van der Waals surface area contributed by atoms with E-state index >= 15 is 0 Å². The number of carbonyl (C=O) groups is 1. The molecule has 19 heavy (non-hydrogen) atoms. The Hall–Kier alpha value is -2.87. The van der Waals surface area contributed by atoms with Crippen LogP contribution in [0.1, 0.15) is 21.5 Å². The molecule has 2 aromatic rings. The smallest absolute Gasteiger partial charge is 0.335 e. The van der Waals surface area contributed by atoms with Crippen LogP contribution in [-0.4, -0.2) is 15.6 Å². The zero-order chi connectivity index (χ0) is 13.8. The van der Waals surface area contributed by atoms with Gasteiger partial charge in [-0.1, -0.05) is 12.1 Å². The molecular formula is C14H10N2O3. The maximum Gasteiger partial charge on any atom is 0.335 e. The molecule has 0 radical (unpaired) electrons. The van der Waals surface area contributed by atoms with Crippen LogP contribution in [0.15, 0.2) is 47.4 Å². The first-order valence-corrected chi connectivity index (χ1v) is 5.53. The Kier molecular flexibility index (Phi) is 3.44. The number of nitriles is 1. The predicted octanol–water partition coefficient (Wildman–Crippen LogP) is 1.47. The molecule has 5 heteroatoms. The molecule has 1 heterocycles. The highest BCUT2D eigenvalue weighted by atomic mass is 16.4. The topological polar surface area (TPSA) is 83.1 Å². The maximum atomic E-state index is 11.8. The van der Waals surface area contributed by atoms with Crippen molar-refractivity contribution in [2.24, 2.45) is 0 Å². The number of carboxylic acids is 1. The minimum absolute atomic E-state index is 0.0876. The molecule has 94 valence electrons. The highest BCUT2D eigenvalue weighted by Gasteiger charge is 2.04. The molecule has 5 nitrogen and oxygen atoms in total. The molecule has 1 N–H and O–H groups in total. The lowest BCUT2D eigenvalue weighted by molar-refractivity contribution is 0.0697. The minimum atomic E-state index is -0.991. The Morgan fingerprint density at radius 1 is 1.26 bits per heavy atom. The van der Waals surface area contributed by atoms with Crippen molar-refractivity contribution < 1.29 is 9.90 Å². The number of hydrogen-bond acceptors (Lipinski definition) is 3. The first-order valence-electron chi connectivity index (χ1n) is 5.53. The molecule has 2 rings (SSSR count). The Morgan fingerprint density at radius 2 is 1.95 bits per heavy atom. The minimum Gasteiger partial charge on any atom is -0.478 e. The number of nitrogens with zero attached hydrogens (tertiary/aromatic N) is 2. The van der Waals surface area contributed by atoms with E-state index < -0.39 is 5.97 Å². The van der Waals surface area contributed by atoms with E-state index in [0.717, 1.165) is 5.56 Å². The summed E-state index contributed by atoms with van der Waals surface area (Å²) in [5.74, 6) is -0.991. The molecule has 0 aliphatic carbocycles. The van der Waals surface area contributed by atoms with Crippen molar-refractivity contribution in [1.82, 2.24) is 4.57 Å². The zero-order valence-electron chi connectivity index (χ0n) is 9.91. The van der Waals surface area contributed by atoms with Crippen molar-refractivity contribution in [3.05, 3.63) is 69.6 Å². The SMILES string of the molecule is N#Cc1cccn(Cc2ccc(C(=O)O)cc2)c1=O. The summed E-state index contributed by atoms with van der Waals surface area (Å²) in [7, 11) is 0.